The lowest BCUT2D eigenvalue weighted by Crippen LogP contribution is -2.19. The highest BCUT2D eigenvalue weighted by Gasteiger charge is 2.20. The van der Waals surface area contributed by atoms with Crippen LogP contribution < -0.4 is 5.32 Å². The van der Waals surface area contributed by atoms with Gasteiger partial charge in [0.25, 0.3) is 5.91 Å². The van der Waals surface area contributed by atoms with Crippen LogP contribution in [-0.4, -0.2) is 26.1 Å². The Morgan fingerprint density at radius 1 is 1.07 bits per heavy atom. The molecule has 0 fully saturated rings. The lowest BCUT2D eigenvalue weighted by molar-refractivity contribution is -0.111. The molecule has 144 valence electrons. The third-order valence-corrected chi connectivity index (χ3v) is 4.51. The second-order valence-corrected chi connectivity index (χ2v) is 6.75. The third kappa shape index (κ3) is 4.21. The first-order valence-electron chi connectivity index (χ1n) is 8.47. The molecule has 1 amide bonds. The van der Waals surface area contributed by atoms with Crippen molar-refractivity contribution in [3.8, 4) is 11.4 Å². The molecule has 2 aromatic carbocycles. The number of hydrogen-bond acceptors (Lipinski definition) is 5. The Morgan fingerprint density at radius 3 is 2.62 bits per heavy atom. The van der Waals surface area contributed by atoms with E-state index in [-0.39, 0.29) is 5.70 Å². The van der Waals surface area contributed by atoms with Crippen molar-refractivity contribution in [1.29, 1.82) is 0 Å². The zero-order valence-corrected chi connectivity index (χ0v) is 16.3. The van der Waals surface area contributed by atoms with E-state index in [0.29, 0.717) is 27.3 Å². The number of benzene rings is 2. The van der Waals surface area contributed by atoms with Gasteiger partial charge in [0.05, 0.1) is 17.0 Å². The van der Waals surface area contributed by atoms with E-state index in [4.69, 9.17) is 27.6 Å². The maximum atomic E-state index is 13.1. The highest BCUT2D eigenvalue weighted by atomic mass is 35.5. The Morgan fingerprint density at radius 2 is 1.90 bits per heavy atom. The smallest absolute Gasteiger partial charge is 0.274 e. The molecule has 0 aliphatic heterocycles. The number of halogens is 2. The predicted octanol–water partition coefficient (Wildman–Crippen LogP) is 4.88. The van der Waals surface area contributed by atoms with Crippen LogP contribution in [0.15, 0.2) is 71.3 Å². The van der Waals surface area contributed by atoms with Crippen LogP contribution in [-0.2, 0) is 4.79 Å². The average molecular weight is 426 g/mol. The van der Waals surface area contributed by atoms with Gasteiger partial charge >= 0.3 is 0 Å². The number of carbonyl (C=O) groups is 1. The van der Waals surface area contributed by atoms with Crippen LogP contribution >= 0.6 is 23.2 Å². The summed E-state index contributed by atoms with van der Waals surface area (Å²) in [7, 11) is 0. The van der Waals surface area contributed by atoms with E-state index in [1.54, 1.807) is 36.4 Å². The summed E-state index contributed by atoms with van der Waals surface area (Å²) in [6.45, 7) is 0. The van der Waals surface area contributed by atoms with Crippen molar-refractivity contribution in [1.82, 2.24) is 20.2 Å². The highest BCUT2D eigenvalue weighted by molar-refractivity contribution is 6.37. The van der Waals surface area contributed by atoms with Crippen molar-refractivity contribution >= 4 is 46.6 Å². The van der Waals surface area contributed by atoms with Crippen LogP contribution in [0.5, 0.6) is 0 Å². The molecule has 9 heteroatoms. The van der Waals surface area contributed by atoms with Crippen molar-refractivity contribution in [3.63, 3.8) is 0 Å². The molecule has 1 N–H and O–H groups in total. The quantitative estimate of drug-likeness (QED) is 0.460. The molecule has 0 spiro atoms. The fourth-order valence-electron chi connectivity index (χ4n) is 2.62. The van der Waals surface area contributed by atoms with E-state index in [1.807, 2.05) is 30.3 Å². The minimum Gasteiger partial charge on any atom is -0.465 e. The predicted molar refractivity (Wildman–Crippen MR) is 111 cm³/mol. The van der Waals surface area contributed by atoms with Crippen LogP contribution in [0.1, 0.15) is 5.76 Å². The molecule has 0 atom stereocenters. The molecular formula is C20H13Cl2N5O2. The molecule has 29 heavy (non-hydrogen) atoms. The number of anilines is 1. The number of furan rings is 1. The van der Waals surface area contributed by atoms with Gasteiger partial charge in [0.2, 0.25) is 0 Å². The SMILES string of the molecule is O=C(Nc1ccc(Cl)cc1Cl)/C(=C\c1ccco1)n1nnnc1-c1ccccc1. The first-order chi connectivity index (χ1) is 14.1. The maximum Gasteiger partial charge on any atom is 0.274 e. The molecule has 4 aromatic rings. The topological polar surface area (TPSA) is 85.8 Å². The molecule has 2 heterocycles. The van der Waals surface area contributed by atoms with Gasteiger partial charge in [-0.1, -0.05) is 53.5 Å². The summed E-state index contributed by atoms with van der Waals surface area (Å²) in [4.78, 5) is 13.1. The van der Waals surface area contributed by atoms with Crippen molar-refractivity contribution in [2.24, 2.45) is 0 Å². The van der Waals surface area contributed by atoms with E-state index in [2.05, 4.69) is 20.8 Å². The van der Waals surface area contributed by atoms with Crippen molar-refractivity contribution in [2.75, 3.05) is 5.32 Å². The number of rotatable bonds is 5. The molecule has 0 aliphatic rings. The summed E-state index contributed by atoms with van der Waals surface area (Å²) in [5, 5.41) is 15.3. The summed E-state index contributed by atoms with van der Waals surface area (Å²) in [6.07, 6.45) is 3.05. The van der Waals surface area contributed by atoms with E-state index < -0.39 is 5.91 Å². The van der Waals surface area contributed by atoms with Crippen LogP contribution in [0.2, 0.25) is 10.0 Å². The number of hydrogen-bond donors (Lipinski definition) is 1. The number of aromatic nitrogens is 4. The Hall–Kier alpha value is -3.42. The molecule has 0 aliphatic carbocycles. The van der Waals surface area contributed by atoms with Crippen LogP contribution in [0.25, 0.3) is 23.2 Å². The number of carbonyl (C=O) groups excluding carboxylic acids is 1. The third-order valence-electron chi connectivity index (χ3n) is 3.96. The molecule has 0 bridgehead atoms. The summed E-state index contributed by atoms with van der Waals surface area (Å²) in [5.41, 5.74) is 1.30. The standard InChI is InChI=1S/C20H13Cl2N5O2/c21-14-8-9-17(16(22)11-14)23-20(28)18(12-15-7-4-10-29-15)27-19(24-25-26-27)13-5-2-1-3-6-13/h1-12H,(H,23,28)/b18-12+. The van der Waals surface area contributed by atoms with Gasteiger partial charge in [0.1, 0.15) is 11.5 Å². The zero-order valence-electron chi connectivity index (χ0n) is 14.8. The lowest BCUT2D eigenvalue weighted by Gasteiger charge is -2.11. The highest BCUT2D eigenvalue weighted by Crippen LogP contribution is 2.27. The zero-order chi connectivity index (χ0) is 20.2. The van der Waals surface area contributed by atoms with Gasteiger partial charge in [0.15, 0.2) is 5.82 Å². The Labute approximate surface area is 175 Å². The number of amides is 1. The molecule has 0 saturated carbocycles. The summed E-state index contributed by atoms with van der Waals surface area (Å²) >= 11 is 12.1. The number of nitrogens with zero attached hydrogens (tertiary/aromatic N) is 4. The Balaban J connectivity index is 1.76. The van der Waals surface area contributed by atoms with Gasteiger partial charge in [-0.25, -0.2) is 0 Å². The monoisotopic (exact) mass is 425 g/mol. The number of nitrogens with one attached hydrogen (secondary N) is 1. The minimum atomic E-state index is -0.477. The Kier molecular flexibility index (Phi) is 5.41. The molecule has 0 saturated heterocycles. The maximum absolute atomic E-state index is 13.1. The first kappa shape index (κ1) is 18.9. The Bertz CT molecular complexity index is 1170. The molecule has 7 nitrogen and oxygen atoms in total. The number of tetrazole rings is 1. The minimum absolute atomic E-state index is 0.148. The van der Waals surface area contributed by atoms with Gasteiger partial charge < -0.3 is 9.73 Å². The average Bonchev–Trinajstić information content (AvgIpc) is 3.40. The van der Waals surface area contributed by atoms with Gasteiger partial charge in [-0.15, -0.1) is 5.10 Å². The van der Waals surface area contributed by atoms with Crippen molar-refractivity contribution in [3.05, 3.63) is 82.7 Å². The fourth-order valence-corrected chi connectivity index (χ4v) is 3.08. The first-order valence-corrected chi connectivity index (χ1v) is 9.23. The second kappa shape index (κ2) is 8.30. The fraction of sp³-hybridized carbons (Fsp3) is 0. The van der Waals surface area contributed by atoms with E-state index in [9.17, 15) is 4.79 Å². The molecule has 0 radical (unpaired) electrons. The van der Waals surface area contributed by atoms with Crippen LogP contribution in [0.3, 0.4) is 0 Å². The molecular weight excluding hydrogens is 413 g/mol. The van der Waals surface area contributed by atoms with Crippen molar-refractivity contribution < 1.29 is 9.21 Å². The summed E-state index contributed by atoms with van der Waals surface area (Å²) < 4.78 is 6.71. The van der Waals surface area contributed by atoms with Gasteiger partial charge in [-0.05, 0) is 40.8 Å². The van der Waals surface area contributed by atoms with E-state index >= 15 is 0 Å². The summed E-state index contributed by atoms with van der Waals surface area (Å²) in [5.74, 6) is 0.391. The normalized spacial score (nSPS) is 11.4. The molecule has 4 rings (SSSR count). The lowest BCUT2D eigenvalue weighted by atomic mass is 10.2. The largest absolute Gasteiger partial charge is 0.465 e. The van der Waals surface area contributed by atoms with Gasteiger partial charge in [-0.2, -0.15) is 4.68 Å². The summed E-state index contributed by atoms with van der Waals surface area (Å²) in [6, 6.07) is 17.5. The molecule has 2 aromatic heterocycles. The van der Waals surface area contributed by atoms with E-state index in [0.717, 1.165) is 5.56 Å². The van der Waals surface area contributed by atoms with Gasteiger partial charge in [-0.3, -0.25) is 4.79 Å². The second-order valence-electron chi connectivity index (χ2n) is 5.90. The molecule has 0 unspecified atom stereocenters. The van der Waals surface area contributed by atoms with Crippen LogP contribution in [0.4, 0.5) is 5.69 Å². The van der Waals surface area contributed by atoms with E-state index in [1.165, 1.54) is 10.9 Å². The van der Waals surface area contributed by atoms with Crippen molar-refractivity contribution in [2.45, 2.75) is 0 Å². The van der Waals surface area contributed by atoms with Crippen LogP contribution in [0, 0.1) is 0 Å². The van der Waals surface area contributed by atoms with Gasteiger partial charge in [0, 0.05) is 16.7 Å².